The van der Waals surface area contributed by atoms with Crippen LogP contribution in [0.4, 0.5) is 13.9 Å². The van der Waals surface area contributed by atoms with E-state index in [1.165, 1.54) is 30.6 Å². The highest BCUT2D eigenvalue weighted by Crippen LogP contribution is 2.16. The molecule has 0 radical (unpaired) electrons. The van der Waals surface area contributed by atoms with E-state index in [0.29, 0.717) is 23.7 Å². The number of anilines is 1. The average molecular weight is 298 g/mol. The topological polar surface area (TPSA) is 51.2 Å². The van der Waals surface area contributed by atoms with Crippen LogP contribution < -0.4 is 5.32 Å². The van der Waals surface area contributed by atoms with Gasteiger partial charge >= 0.3 is 5.97 Å². The SMILES string of the molecule is COC(=O)c1csc(NCCc2cc(F)cc(F)c2)n1. The van der Waals surface area contributed by atoms with Gasteiger partial charge in [0, 0.05) is 18.0 Å². The molecule has 2 rings (SSSR count). The molecule has 1 aromatic heterocycles. The van der Waals surface area contributed by atoms with Gasteiger partial charge in [-0.15, -0.1) is 11.3 Å². The van der Waals surface area contributed by atoms with Crippen molar-refractivity contribution < 1.29 is 18.3 Å². The van der Waals surface area contributed by atoms with Crippen molar-refractivity contribution in [3.05, 3.63) is 46.5 Å². The van der Waals surface area contributed by atoms with Gasteiger partial charge in [-0.1, -0.05) is 0 Å². The quantitative estimate of drug-likeness (QED) is 0.862. The Morgan fingerprint density at radius 3 is 2.70 bits per heavy atom. The first-order valence-corrected chi connectivity index (χ1v) is 6.69. The van der Waals surface area contributed by atoms with E-state index in [9.17, 15) is 13.6 Å². The third-order valence-corrected chi connectivity index (χ3v) is 3.31. The van der Waals surface area contributed by atoms with Crippen molar-refractivity contribution >= 4 is 22.4 Å². The molecule has 0 saturated carbocycles. The van der Waals surface area contributed by atoms with Crippen molar-refractivity contribution in [2.45, 2.75) is 6.42 Å². The van der Waals surface area contributed by atoms with Crippen molar-refractivity contribution in [3.63, 3.8) is 0 Å². The molecule has 0 aliphatic carbocycles. The molecule has 0 spiro atoms. The zero-order valence-electron chi connectivity index (χ0n) is 10.7. The van der Waals surface area contributed by atoms with Gasteiger partial charge in [0.15, 0.2) is 10.8 Å². The van der Waals surface area contributed by atoms with Crippen molar-refractivity contribution in [3.8, 4) is 0 Å². The van der Waals surface area contributed by atoms with Gasteiger partial charge in [-0.25, -0.2) is 18.6 Å². The number of ether oxygens (including phenoxy) is 1. The fourth-order valence-corrected chi connectivity index (χ4v) is 2.33. The van der Waals surface area contributed by atoms with Gasteiger partial charge in [0.25, 0.3) is 0 Å². The molecule has 0 fully saturated rings. The van der Waals surface area contributed by atoms with Crippen LogP contribution in [0.15, 0.2) is 23.6 Å². The summed E-state index contributed by atoms with van der Waals surface area (Å²) in [6.07, 6.45) is 0.446. The first-order valence-electron chi connectivity index (χ1n) is 5.81. The summed E-state index contributed by atoms with van der Waals surface area (Å²) < 4.78 is 30.5. The standard InChI is InChI=1S/C13H12F2N2O2S/c1-19-12(18)11-7-20-13(17-11)16-3-2-8-4-9(14)6-10(15)5-8/h4-7H,2-3H2,1H3,(H,16,17). The van der Waals surface area contributed by atoms with Crippen LogP contribution in [0.3, 0.4) is 0 Å². The molecule has 20 heavy (non-hydrogen) atoms. The summed E-state index contributed by atoms with van der Waals surface area (Å²) in [4.78, 5) is 15.2. The molecule has 4 nitrogen and oxygen atoms in total. The molecule has 7 heteroatoms. The van der Waals surface area contributed by atoms with E-state index in [-0.39, 0.29) is 5.69 Å². The van der Waals surface area contributed by atoms with Crippen LogP contribution in [0.1, 0.15) is 16.1 Å². The number of benzene rings is 1. The third kappa shape index (κ3) is 3.74. The summed E-state index contributed by atoms with van der Waals surface area (Å²) in [5, 5.41) is 5.12. The minimum atomic E-state index is -0.595. The van der Waals surface area contributed by atoms with Gasteiger partial charge in [-0.2, -0.15) is 0 Å². The van der Waals surface area contributed by atoms with Crippen LogP contribution in [0.25, 0.3) is 0 Å². The van der Waals surface area contributed by atoms with Crippen LogP contribution in [-0.4, -0.2) is 24.6 Å². The van der Waals surface area contributed by atoms with E-state index in [0.717, 1.165) is 6.07 Å². The number of aromatic nitrogens is 1. The lowest BCUT2D eigenvalue weighted by Crippen LogP contribution is -2.06. The van der Waals surface area contributed by atoms with Gasteiger partial charge in [0.05, 0.1) is 7.11 Å². The molecule has 0 bridgehead atoms. The molecule has 0 unspecified atom stereocenters. The summed E-state index contributed by atoms with van der Waals surface area (Å²) in [5.74, 6) is -1.69. The van der Waals surface area contributed by atoms with Gasteiger partial charge in [-0.3, -0.25) is 0 Å². The van der Waals surface area contributed by atoms with E-state index in [4.69, 9.17) is 0 Å². The highest BCUT2D eigenvalue weighted by Gasteiger charge is 2.10. The highest BCUT2D eigenvalue weighted by molar-refractivity contribution is 7.13. The average Bonchev–Trinajstić information content (AvgIpc) is 2.85. The monoisotopic (exact) mass is 298 g/mol. The number of hydrogen-bond donors (Lipinski definition) is 1. The molecule has 0 saturated heterocycles. The summed E-state index contributed by atoms with van der Waals surface area (Å²) in [6.45, 7) is 0.455. The Labute approximate surface area is 118 Å². The smallest absolute Gasteiger partial charge is 0.357 e. The summed E-state index contributed by atoms with van der Waals surface area (Å²) in [6, 6.07) is 3.40. The number of nitrogens with zero attached hydrogens (tertiary/aromatic N) is 1. The van der Waals surface area contributed by atoms with Crippen molar-refractivity contribution in [2.24, 2.45) is 0 Å². The largest absolute Gasteiger partial charge is 0.464 e. The molecule has 1 heterocycles. The Balaban J connectivity index is 1.89. The molecule has 0 amide bonds. The summed E-state index contributed by atoms with van der Waals surface area (Å²) in [7, 11) is 1.28. The minimum absolute atomic E-state index is 0.233. The lowest BCUT2D eigenvalue weighted by Gasteiger charge is -2.03. The van der Waals surface area contributed by atoms with Gasteiger partial charge in [-0.05, 0) is 24.1 Å². The maximum absolute atomic E-state index is 13.0. The van der Waals surface area contributed by atoms with E-state index in [1.807, 2.05) is 0 Å². The number of esters is 1. The van der Waals surface area contributed by atoms with Gasteiger partial charge in [0.2, 0.25) is 0 Å². The number of carbonyl (C=O) groups excluding carboxylic acids is 1. The Kier molecular flexibility index (Phi) is 4.62. The predicted octanol–water partition coefficient (Wildman–Crippen LogP) is 2.86. The number of thiazole rings is 1. The molecular weight excluding hydrogens is 286 g/mol. The number of halogens is 2. The van der Waals surface area contributed by atoms with Crippen molar-refractivity contribution in [1.29, 1.82) is 0 Å². The van der Waals surface area contributed by atoms with Crippen molar-refractivity contribution in [2.75, 3.05) is 19.0 Å². The van der Waals surface area contributed by atoms with Gasteiger partial charge < -0.3 is 10.1 Å². The van der Waals surface area contributed by atoms with Crippen LogP contribution >= 0.6 is 11.3 Å². The van der Waals surface area contributed by atoms with Crippen LogP contribution in [0.5, 0.6) is 0 Å². The number of hydrogen-bond acceptors (Lipinski definition) is 5. The molecule has 106 valence electrons. The number of nitrogens with one attached hydrogen (secondary N) is 1. The first-order chi connectivity index (χ1) is 9.58. The maximum atomic E-state index is 13.0. The Bertz CT molecular complexity index is 596. The predicted molar refractivity (Wildman–Crippen MR) is 72.0 cm³/mol. The molecule has 0 atom stereocenters. The number of carbonyl (C=O) groups is 1. The van der Waals surface area contributed by atoms with E-state index < -0.39 is 17.6 Å². The molecule has 1 N–H and O–H groups in total. The zero-order chi connectivity index (χ0) is 14.5. The summed E-state index contributed by atoms with van der Waals surface area (Å²) in [5.41, 5.74) is 0.788. The normalized spacial score (nSPS) is 10.3. The zero-order valence-corrected chi connectivity index (χ0v) is 11.5. The molecule has 2 aromatic rings. The third-order valence-electron chi connectivity index (χ3n) is 2.51. The second-order valence-electron chi connectivity index (χ2n) is 3.98. The van der Waals surface area contributed by atoms with Crippen LogP contribution in [-0.2, 0) is 11.2 Å². The van der Waals surface area contributed by atoms with E-state index in [1.54, 1.807) is 5.38 Å². The Morgan fingerprint density at radius 1 is 1.35 bits per heavy atom. The fraction of sp³-hybridized carbons (Fsp3) is 0.231. The second kappa shape index (κ2) is 6.42. The Morgan fingerprint density at radius 2 is 2.05 bits per heavy atom. The highest BCUT2D eigenvalue weighted by atomic mass is 32.1. The molecular formula is C13H12F2N2O2S. The lowest BCUT2D eigenvalue weighted by atomic mass is 10.1. The number of methoxy groups -OCH3 is 1. The molecule has 0 aliphatic heterocycles. The van der Waals surface area contributed by atoms with E-state index >= 15 is 0 Å². The summed E-state index contributed by atoms with van der Waals surface area (Å²) >= 11 is 1.26. The van der Waals surface area contributed by atoms with E-state index in [2.05, 4.69) is 15.0 Å². The van der Waals surface area contributed by atoms with Crippen LogP contribution in [0, 0.1) is 11.6 Å². The minimum Gasteiger partial charge on any atom is -0.464 e. The molecule has 0 aliphatic rings. The molecule has 1 aromatic carbocycles. The Hall–Kier alpha value is -2.02. The second-order valence-corrected chi connectivity index (χ2v) is 4.84. The first kappa shape index (κ1) is 14.4. The van der Waals surface area contributed by atoms with Gasteiger partial charge in [0.1, 0.15) is 11.6 Å². The number of rotatable bonds is 5. The van der Waals surface area contributed by atoms with Crippen molar-refractivity contribution in [1.82, 2.24) is 4.98 Å². The fourth-order valence-electron chi connectivity index (χ4n) is 1.62. The maximum Gasteiger partial charge on any atom is 0.357 e. The lowest BCUT2D eigenvalue weighted by molar-refractivity contribution is 0.0595. The van der Waals surface area contributed by atoms with Crippen LogP contribution in [0.2, 0.25) is 0 Å².